The molecule has 5 heteroatoms. The van der Waals surface area contributed by atoms with E-state index in [0.717, 1.165) is 10.0 Å². The number of carbonyl (C=O) groups excluding carboxylic acids is 1. The second kappa shape index (κ2) is 6.37. The fourth-order valence-corrected chi connectivity index (χ4v) is 2.97. The summed E-state index contributed by atoms with van der Waals surface area (Å²) < 4.78 is 6.83. The number of benzene rings is 1. The zero-order valence-electron chi connectivity index (χ0n) is 11.4. The first-order chi connectivity index (χ1) is 10.3. The zero-order valence-corrected chi connectivity index (χ0v) is 13.0. The lowest BCUT2D eigenvalue weighted by atomic mass is 10.1. The molecule has 2 heterocycles. The first kappa shape index (κ1) is 14.2. The number of ether oxygens (including phenoxy) is 1. The zero-order chi connectivity index (χ0) is 14.7. The second-order valence-corrected chi connectivity index (χ2v) is 5.73. The SMILES string of the molecule is O=C(c1cccnc1)N1CCO[C@@H](c2ccccc2Br)C1. The molecule has 0 saturated carbocycles. The maximum Gasteiger partial charge on any atom is 0.255 e. The first-order valence-electron chi connectivity index (χ1n) is 6.81. The van der Waals surface area contributed by atoms with Crippen LogP contribution in [0.25, 0.3) is 0 Å². The van der Waals surface area contributed by atoms with Gasteiger partial charge in [-0.1, -0.05) is 34.1 Å². The lowest BCUT2D eigenvalue weighted by Crippen LogP contribution is -2.42. The standard InChI is InChI=1S/C16H15BrN2O2/c17-14-6-2-1-5-13(14)15-11-19(8-9-21-15)16(20)12-4-3-7-18-10-12/h1-7,10,15H,8-9,11H2/t15-/m1/s1. The number of nitrogens with zero attached hydrogens (tertiary/aromatic N) is 2. The molecule has 1 aromatic carbocycles. The van der Waals surface area contributed by atoms with Crippen molar-refractivity contribution in [3.8, 4) is 0 Å². The van der Waals surface area contributed by atoms with E-state index < -0.39 is 0 Å². The summed E-state index contributed by atoms with van der Waals surface area (Å²) in [5.41, 5.74) is 1.69. The number of hydrogen-bond acceptors (Lipinski definition) is 3. The Balaban J connectivity index is 1.77. The summed E-state index contributed by atoms with van der Waals surface area (Å²) in [7, 11) is 0. The van der Waals surface area contributed by atoms with Gasteiger partial charge < -0.3 is 9.64 Å². The van der Waals surface area contributed by atoms with E-state index in [1.165, 1.54) is 0 Å². The summed E-state index contributed by atoms with van der Waals surface area (Å²) in [4.78, 5) is 18.3. The smallest absolute Gasteiger partial charge is 0.255 e. The van der Waals surface area contributed by atoms with Crippen molar-refractivity contribution in [1.29, 1.82) is 0 Å². The number of hydrogen-bond donors (Lipinski definition) is 0. The third-order valence-electron chi connectivity index (χ3n) is 3.51. The largest absolute Gasteiger partial charge is 0.370 e. The topological polar surface area (TPSA) is 42.4 Å². The summed E-state index contributed by atoms with van der Waals surface area (Å²) in [6.45, 7) is 1.70. The van der Waals surface area contributed by atoms with E-state index >= 15 is 0 Å². The molecule has 4 nitrogen and oxygen atoms in total. The summed E-state index contributed by atoms with van der Waals surface area (Å²) in [6.07, 6.45) is 3.17. The van der Waals surface area contributed by atoms with Crippen molar-refractivity contribution in [2.75, 3.05) is 19.7 Å². The molecule has 21 heavy (non-hydrogen) atoms. The highest BCUT2D eigenvalue weighted by molar-refractivity contribution is 9.10. The van der Waals surface area contributed by atoms with Crippen LogP contribution in [-0.4, -0.2) is 35.5 Å². The molecule has 1 amide bonds. The summed E-state index contributed by atoms with van der Waals surface area (Å²) in [5.74, 6) is 0.00320. The average molecular weight is 347 g/mol. The Kier molecular flexibility index (Phi) is 4.31. The first-order valence-corrected chi connectivity index (χ1v) is 7.60. The molecule has 1 atom stereocenters. The highest BCUT2D eigenvalue weighted by atomic mass is 79.9. The summed E-state index contributed by atoms with van der Waals surface area (Å²) >= 11 is 3.54. The van der Waals surface area contributed by atoms with Crippen LogP contribution in [0.15, 0.2) is 53.3 Å². The fourth-order valence-electron chi connectivity index (χ4n) is 2.43. The molecular formula is C16H15BrN2O2. The third kappa shape index (κ3) is 3.14. The molecule has 1 fully saturated rings. The molecule has 3 rings (SSSR count). The lowest BCUT2D eigenvalue weighted by molar-refractivity contribution is -0.0231. The van der Waals surface area contributed by atoms with Gasteiger partial charge in [-0.25, -0.2) is 0 Å². The highest BCUT2D eigenvalue weighted by Gasteiger charge is 2.27. The van der Waals surface area contributed by atoms with Crippen LogP contribution in [0.5, 0.6) is 0 Å². The van der Waals surface area contributed by atoms with Crippen LogP contribution in [0.3, 0.4) is 0 Å². The van der Waals surface area contributed by atoms with E-state index in [2.05, 4.69) is 20.9 Å². The normalized spacial score (nSPS) is 18.5. The number of aromatic nitrogens is 1. The van der Waals surface area contributed by atoms with Crippen LogP contribution in [0.2, 0.25) is 0 Å². The van der Waals surface area contributed by atoms with Gasteiger partial charge in [0, 0.05) is 23.4 Å². The van der Waals surface area contributed by atoms with Gasteiger partial charge in [-0.2, -0.15) is 0 Å². The van der Waals surface area contributed by atoms with Crippen molar-refractivity contribution in [2.45, 2.75) is 6.10 Å². The third-order valence-corrected chi connectivity index (χ3v) is 4.24. The van der Waals surface area contributed by atoms with E-state index in [1.807, 2.05) is 29.2 Å². The molecule has 2 aromatic rings. The lowest BCUT2D eigenvalue weighted by Gasteiger charge is -2.33. The summed E-state index contributed by atoms with van der Waals surface area (Å²) in [6, 6.07) is 11.5. The Morgan fingerprint density at radius 2 is 2.14 bits per heavy atom. The molecule has 1 aromatic heterocycles. The van der Waals surface area contributed by atoms with Gasteiger partial charge in [-0.05, 0) is 23.8 Å². The number of rotatable bonds is 2. The van der Waals surface area contributed by atoms with Crippen molar-refractivity contribution in [3.05, 3.63) is 64.4 Å². The van der Waals surface area contributed by atoms with Crippen LogP contribution >= 0.6 is 15.9 Å². The van der Waals surface area contributed by atoms with Gasteiger partial charge in [-0.3, -0.25) is 9.78 Å². The predicted molar refractivity (Wildman–Crippen MR) is 83.0 cm³/mol. The van der Waals surface area contributed by atoms with Gasteiger partial charge >= 0.3 is 0 Å². The number of morpholine rings is 1. The molecule has 0 radical (unpaired) electrons. The number of halogens is 1. The van der Waals surface area contributed by atoms with E-state index in [9.17, 15) is 4.79 Å². The van der Waals surface area contributed by atoms with E-state index in [1.54, 1.807) is 24.5 Å². The Morgan fingerprint density at radius 3 is 2.90 bits per heavy atom. The minimum Gasteiger partial charge on any atom is -0.370 e. The van der Waals surface area contributed by atoms with E-state index in [-0.39, 0.29) is 12.0 Å². The molecule has 0 bridgehead atoms. The Hall–Kier alpha value is -1.72. The predicted octanol–water partition coefficient (Wildman–Crippen LogP) is 3.06. The van der Waals surface area contributed by atoms with E-state index in [4.69, 9.17) is 4.74 Å². The van der Waals surface area contributed by atoms with Crippen molar-refractivity contribution in [3.63, 3.8) is 0 Å². The van der Waals surface area contributed by atoms with Crippen LogP contribution in [0.4, 0.5) is 0 Å². The van der Waals surface area contributed by atoms with E-state index in [0.29, 0.717) is 25.3 Å². The minimum absolute atomic E-state index is 0.00320. The van der Waals surface area contributed by atoms with Crippen LogP contribution in [-0.2, 0) is 4.74 Å². The quantitative estimate of drug-likeness (QED) is 0.839. The summed E-state index contributed by atoms with van der Waals surface area (Å²) in [5, 5.41) is 0. The Morgan fingerprint density at radius 1 is 1.29 bits per heavy atom. The van der Waals surface area contributed by atoms with Crippen molar-refractivity contribution >= 4 is 21.8 Å². The number of pyridine rings is 1. The molecule has 1 aliphatic heterocycles. The van der Waals surface area contributed by atoms with Crippen LogP contribution in [0, 0.1) is 0 Å². The van der Waals surface area contributed by atoms with Gasteiger partial charge in [-0.15, -0.1) is 0 Å². The molecule has 108 valence electrons. The van der Waals surface area contributed by atoms with Crippen molar-refractivity contribution in [1.82, 2.24) is 9.88 Å². The van der Waals surface area contributed by atoms with Gasteiger partial charge in [0.2, 0.25) is 0 Å². The Bertz CT molecular complexity index is 633. The fraction of sp³-hybridized carbons (Fsp3) is 0.250. The van der Waals surface area contributed by atoms with Gasteiger partial charge in [0.15, 0.2) is 0 Å². The van der Waals surface area contributed by atoms with Crippen LogP contribution in [0.1, 0.15) is 22.0 Å². The van der Waals surface area contributed by atoms with Gasteiger partial charge in [0.1, 0.15) is 6.10 Å². The molecule has 1 aliphatic rings. The average Bonchev–Trinajstić information content (AvgIpc) is 2.55. The molecule has 0 spiro atoms. The number of amides is 1. The monoisotopic (exact) mass is 346 g/mol. The Labute approximate surface area is 131 Å². The second-order valence-electron chi connectivity index (χ2n) is 4.87. The maximum atomic E-state index is 12.5. The van der Waals surface area contributed by atoms with Crippen molar-refractivity contribution in [2.24, 2.45) is 0 Å². The molecule has 0 unspecified atom stereocenters. The number of carbonyl (C=O) groups is 1. The maximum absolute atomic E-state index is 12.5. The molecule has 0 N–H and O–H groups in total. The van der Waals surface area contributed by atoms with Crippen LogP contribution < -0.4 is 0 Å². The molecular weight excluding hydrogens is 332 g/mol. The van der Waals surface area contributed by atoms with Gasteiger partial charge in [0.25, 0.3) is 5.91 Å². The highest BCUT2D eigenvalue weighted by Crippen LogP contribution is 2.29. The van der Waals surface area contributed by atoms with Crippen molar-refractivity contribution < 1.29 is 9.53 Å². The minimum atomic E-state index is -0.102. The molecule has 1 saturated heterocycles. The molecule has 0 aliphatic carbocycles. The van der Waals surface area contributed by atoms with Gasteiger partial charge in [0.05, 0.1) is 18.7 Å².